The summed E-state index contributed by atoms with van der Waals surface area (Å²) < 4.78 is 11.6. The van der Waals surface area contributed by atoms with Crippen LogP contribution >= 0.6 is 0 Å². The molecule has 0 aliphatic carbocycles. The fraction of sp³-hybridized carbons (Fsp3) is 0.353. The molecule has 9 heteroatoms. The number of nitrogens with zero attached hydrogens (tertiary/aromatic N) is 3. The maximum Gasteiger partial charge on any atom is 0.335 e. The molecule has 26 heavy (non-hydrogen) atoms. The number of hydrogen-bond donors (Lipinski definition) is 2. The molecule has 1 aliphatic rings. The summed E-state index contributed by atoms with van der Waals surface area (Å²) in [4.78, 5) is 26.4. The minimum Gasteiger partial charge on any atom is -0.494 e. The summed E-state index contributed by atoms with van der Waals surface area (Å²) in [6, 6.07) is 6.59. The molecule has 1 aromatic carbocycles. The van der Waals surface area contributed by atoms with Crippen LogP contribution in [0, 0.1) is 0 Å². The molecule has 1 aliphatic heterocycles. The molecule has 9 nitrogen and oxygen atoms in total. The van der Waals surface area contributed by atoms with E-state index in [2.05, 4.69) is 10.1 Å². The molecule has 0 radical (unpaired) electrons. The van der Waals surface area contributed by atoms with Crippen LogP contribution in [0.4, 0.5) is 0 Å². The van der Waals surface area contributed by atoms with E-state index in [1.807, 2.05) is 6.92 Å². The number of morpholine rings is 1. The van der Waals surface area contributed by atoms with Crippen LogP contribution in [-0.4, -0.2) is 58.8 Å². The lowest BCUT2D eigenvalue weighted by Gasteiger charge is -2.23. The van der Waals surface area contributed by atoms with Gasteiger partial charge in [0.2, 0.25) is 5.88 Å². The molecule has 0 spiro atoms. The SMILES string of the molecule is CCOc1ccc(-n2c(O)c(C=NN3CCOCC3)c(=O)[nH]c2=O)cc1. The van der Waals surface area contributed by atoms with E-state index in [0.717, 1.165) is 4.57 Å². The second kappa shape index (κ2) is 7.87. The van der Waals surface area contributed by atoms with Gasteiger partial charge in [-0.3, -0.25) is 14.8 Å². The predicted octanol–water partition coefficient (Wildman–Crippen LogP) is 0.296. The van der Waals surface area contributed by atoms with Gasteiger partial charge in [-0.2, -0.15) is 5.10 Å². The van der Waals surface area contributed by atoms with Crippen molar-refractivity contribution in [2.45, 2.75) is 6.92 Å². The van der Waals surface area contributed by atoms with E-state index < -0.39 is 17.1 Å². The quantitative estimate of drug-likeness (QED) is 0.742. The van der Waals surface area contributed by atoms with Crippen molar-refractivity contribution in [1.29, 1.82) is 0 Å². The maximum absolute atomic E-state index is 12.2. The van der Waals surface area contributed by atoms with Crippen molar-refractivity contribution in [3.05, 3.63) is 50.7 Å². The van der Waals surface area contributed by atoms with Gasteiger partial charge in [-0.1, -0.05) is 0 Å². The van der Waals surface area contributed by atoms with E-state index in [-0.39, 0.29) is 5.56 Å². The first-order valence-corrected chi connectivity index (χ1v) is 8.28. The van der Waals surface area contributed by atoms with E-state index in [1.54, 1.807) is 29.3 Å². The number of nitrogens with one attached hydrogen (secondary N) is 1. The first kappa shape index (κ1) is 17.7. The number of hydrazone groups is 1. The molecule has 2 N–H and O–H groups in total. The topological polar surface area (TPSA) is 109 Å². The van der Waals surface area contributed by atoms with Crippen LogP contribution in [0.3, 0.4) is 0 Å². The molecule has 1 saturated heterocycles. The van der Waals surface area contributed by atoms with Gasteiger partial charge in [0.15, 0.2) is 0 Å². The Labute approximate surface area is 149 Å². The van der Waals surface area contributed by atoms with Crippen molar-refractivity contribution in [3.63, 3.8) is 0 Å². The number of aromatic amines is 1. The van der Waals surface area contributed by atoms with Crippen molar-refractivity contribution in [3.8, 4) is 17.3 Å². The van der Waals surface area contributed by atoms with Crippen LogP contribution < -0.4 is 16.0 Å². The minimum atomic E-state index is -0.736. The highest BCUT2D eigenvalue weighted by atomic mass is 16.5. The van der Waals surface area contributed by atoms with Crippen LogP contribution in [0.5, 0.6) is 11.6 Å². The summed E-state index contributed by atoms with van der Waals surface area (Å²) in [6.07, 6.45) is 1.25. The number of H-pyrrole nitrogens is 1. The number of ether oxygens (including phenoxy) is 2. The van der Waals surface area contributed by atoms with Gasteiger partial charge in [-0.05, 0) is 31.2 Å². The van der Waals surface area contributed by atoms with Gasteiger partial charge in [0.05, 0.1) is 44.8 Å². The van der Waals surface area contributed by atoms with Crippen LogP contribution in [0.25, 0.3) is 5.69 Å². The molecule has 0 saturated carbocycles. The zero-order valence-corrected chi connectivity index (χ0v) is 14.3. The average Bonchev–Trinajstić information content (AvgIpc) is 2.64. The Bertz CT molecular complexity index is 895. The second-order valence-electron chi connectivity index (χ2n) is 5.57. The first-order chi connectivity index (χ1) is 12.6. The van der Waals surface area contributed by atoms with Crippen LogP contribution in [0.2, 0.25) is 0 Å². The number of aromatic nitrogens is 2. The lowest BCUT2D eigenvalue weighted by molar-refractivity contribution is 0.0396. The van der Waals surface area contributed by atoms with E-state index >= 15 is 0 Å². The second-order valence-corrected chi connectivity index (χ2v) is 5.57. The van der Waals surface area contributed by atoms with Gasteiger partial charge in [0, 0.05) is 0 Å². The van der Waals surface area contributed by atoms with Gasteiger partial charge >= 0.3 is 5.69 Å². The van der Waals surface area contributed by atoms with Gasteiger partial charge in [-0.15, -0.1) is 0 Å². The fourth-order valence-electron chi connectivity index (χ4n) is 2.56. The molecule has 1 fully saturated rings. The third-order valence-electron chi connectivity index (χ3n) is 3.86. The average molecular weight is 360 g/mol. The number of aromatic hydroxyl groups is 1. The smallest absolute Gasteiger partial charge is 0.335 e. The molecule has 0 unspecified atom stereocenters. The van der Waals surface area contributed by atoms with E-state index in [4.69, 9.17) is 9.47 Å². The standard InChI is InChI=1S/C17H20N4O5/c1-2-26-13-5-3-12(4-6-13)21-16(23)14(15(22)19-17(21)24)11-18-20-7-9-25-10-8-20/h3-6,11,23H,2,7-10H2,1H3,(H,19,22,24). The molecule has 0 bridgehead atoms. The lowest BCUT2D eigenvalue weighted by Crippen LogP contribution is -2.34. The normalized spacial score (nSPS) is 14.7. The number of benzene rings is 1. The fourth-order valence-corrected chi connectivity index (χ4v) is 2.56. The Kier molecular flexibility index (Phi) is 5.37. The summed E-state index contributed by atoms with van der Waals surface area (Å²) in [7, 11) is 0. The Balaban J connectivity index is 1.97. The zero-order chi connectivity index (χ0) is 18.5. The monoisotopic (exact) mass is 360 g/mol. The molecule has 138 valence electrons. The molecular weight excluding hydrogens is 340 g/mol. The number of hydrogen-bond acceptors (Lipinski definition) is 7. The Hall–Kier alpha value is -3.07. The summed E-state index contributed by atoms with van der Waals surface area (Å²) in [5.74, 6) is 0.169. The van der Waals surface area contributed by atoms with Crippen molar-refractivity contribution in [2.75, 3.05) is 32.9 Å². The largest absolute Gasteiger partial charge is 0.494 e. The Morgan fingerprint density at radius 2 is 1.96 bits per heavy atom. The highest BCUT2D eigenvalue weighted by Crippen LogP contribution is 2.19. The van der Waals surface area contributed by atoms with Crippen LogP contribution in [-0.2, 0) is 4.74 Å². The lowest BCUT2D eigenvalue weighted by atomic mass is 10.2. The van der Waals surface area contributed by atoms with E-state index in [9.17, 15) is 14.7 Å². The minimum absolute atomic E-state index is 0.0926. The summed E-state index contributed by atoms with van der Waals surface area (Å²) in [5.41, 5.74) is -1.13. The Morgan fingerprint density at radius 1 is 1.27 bits per heavy atom. The molecule has 2 heterocycles. The molecule has 2 aromatic rings. The zero-order valence-electron chi connectivity index (χ0n) is 14.3. The highest BCUT2D eigenvalue weighted by molar-refractivity contribution is 5.82. The summed E-state index contributed by atoms with van der Waals surface area (Å²) in [6.45, 7) is 4.66. The third-order valence-corrected chi connectivity index (χ3v) is 3.86. The summed E-state index contributed by atoms with van der Waals surface area (Å²) >= 11 is 0. The molecule has 0 amide bonds. The van der Waals surface area contributed by atoms with Crippen molar-refractivity contribution >= 4 is 6.21 Å². The van der Waals surface area contributed by atoms with Crippen LogP contribution in [0.1, 0.15) is 12.5 Å². The van der Waals surface area contributed by atoms with Gasteiger partial charge in [0.25, 0.3) is 5.56 Å². The molecule has 1 aromatic heterocycles. The summed E-state index contributed by atoms with van der Waals surface area (Å²) in [5, 5.41) is 16.4. The van der Waals surface area contributed by atoms with Gasteiger partial charge in [-0.25, -0.2) is 9.36 Å². The van der Waals surface area contributed by atoms with E-state index in [0.29, 0.717) is 44.3 Å². The number of rotatable bonds is 5. The Morgan fingerprint density at radius 3 is 2.62 bits per heavy atom. The maximum atomic E-state index is 12.2. The third kappa shape index (κ3) is 3.77. The highest BCUT2D eigenvalue weighted by Gasteiger charge is 2.15. The molecule has 3 rings (SSSR count). The van der Waals surface area contributed by atoms with Crippen molar-refractivity contribution < 1.29 is 14.6 Å². The van der Waals surface area contributed by atoms with Crippen molar-refractivity contribution in [1.82, 2.24) is 14.6 Å². The first-order valence-electron chi connectivity index (χ1n) is 8.28. The van der Waals surface area contributed by atoms with Gasteiger partial charge in [0.1, 0.15) is 11.3 Å². The van der Waals surface area contributed by atoms with E-state index in [1.165, 1.54) is 6.21 Å². The van der Waals surface area contributed by atoms with Crippen molar-refractivity contribution in [2.24, 2.45) is 5.10 Å². The van der Waals surface area contributed by atoms with Crippen LogP contribution in [0.15, 0.2) is 39.0 Å². The van der Waals surface area contributed by atoms with Gasteiger partial charge < -0.3 is 14.6 Å². The predicted molar refractivity (Wildman–Crippen MR) is 95.5 cm³/mol. The molecular formula is C17H20N4O5. The molecule has 0 atom stereocenters.